The average Bonchev–Trinajstić information content (AvgIpc) is 3.30. The second-order valence-corrected chi connectivity index (χ2v) is 8.91. The summed E-state index contributed by atoms with van der Waals surface area (Å²) in [7, 11) is 0. The molecule has 0 saturated carbocycles. The molecule has 3 heterocycles. The van der Waals surface area contributed by atoms with Crippen molar-refractivity contribution in [1.82, 2.24) is 19.7 Å². The number of H-pyrrole nitrogens is 1. The second-order valence-electron chi connectivity index (χ2n) is 8.91. The van der Waals surface area contributed by atoms with Gasteiger partial charge in [0.2, 0.25) is 5.91 Å². The highest BCUT2D eigenvalue weighted by molar-refractivity contribution is 5.89. The van der Waals surface area contributed by atoms with Gasteiger partial charge in [0, 0.05) is 35.1 Å². The molecule has 0 radical (unpaired) electrons. The molecule has 6 heteroatoms. The number of aromatic amines is 1. The lowest BCUT2D eigenvalue weighted by molar-refractivity contribution is -0.131. The average molecular weight is 393 g/mol. The molecule has 0 bridgehead atoms. The van der Waals surface area contributed by atoms with Crippen LogP contribution in [0.5, 0.6) is 0 Å². The van der Waals surface area contributed by atoms with Crippen LogP contribution in [-0.4, -0.2) is 38.2 Å². The monoisotopic (exact) mass is 392 g/mol. The van der Waals surface area contributed by atoms with E-state index in [1.165, 1.54) is 4.68 Å². The highest BCUT2D eigenvalue weighted by Crippen LogP contribution is 2.23. The summed E-state index contributed by atoms with van der Waals surface area (Å²) in [6.45, 7) is 7.42. The maximum absolute atomic E-state index is 13.1. The van der Waals surface area contributed by atoms with Crippen molar-refractivity contribution in [2.45, 2.75) is 58.0 Å². The Morgan fingerprint density at radius 2 is 2.00 bits per heavy atom. The van der Waals surface area contributed by atoms with Crippen molar-refractivity contribution in [1.29, 1.82) is 0 Å². The molecule has 6 nitrogen and oxygen atoms in total. The Hall–Kier alpha value is -2.89. The Labute approximate surface area is 170 Å². The molecule has 1 N–H and O–H groups in total. The van der Waals surface area contributed by atoms with Crippen molar-refractivity contribution in [3.8, 4) is 0 Å². The van der Waals surface area contributed by atoms with Gasteiger partial charge in [0.15, 0.2) is 0 Å². The van der Waals surface area contributed by atoms with Gasteiger partial charge in [-0.2, -0.15) is 5.10 Å². The van der Waals surface area contributed by atoms with Gasteiger partial charge in [-0.1, -0.05) is 39.0 Å². The van der Waals surface area contributed by atoms with Crippen LogP contribution in [0.15, 0.2) is 47.4 Å². The number of amides is 1. The molecule has 1 unspecified atom stereocenters. The molecule has 1 fully saturated rings. The largest absolute Gasteiger partial charge is 0.361 e. The predicted molar refractivity (Wildman–Crippen MR) is 114 cm³/mol. The van der Waals surface area contributed by atoms with E-state index in [1.807, 2.05) is 35.4 Å². The number of fused-ring (bicyclic) bond motifs is 1. The Morgan fingerprint density at radius 1 is 1.21 bits per heavy atom. The van der Waals surface area contributed by atoms with Crippen molar-refractivity contribution < 1.29 is 4.79 Å². The first kappa shape index (κ1) is 19.4. The molecular formula is C23H28N4O2. The number of carbonyl (C=O) groups is 1. The van der Waals surface area contributed by atoms with Gasteiger partial charge in [0.1, 0.15) is 0 Å². The van der Waals surface area contributed by atoms with E-state index in [0.29, 0.717) is 13.0 Å². The van der Waals surface area contributed by atoms with E-state index in [4.69, 9.17) is 0 Å². The molecule has 1 atom stereocenters. The van der Waals surface area contributed by atoms with E-state index in [0.717, 1.165) is 41.5 Å². The lowest BCUT2D eigenvalue weighted by atomic mass is 9.92. The number of nitrogens with zero attached hydrogens (tertiary/aromatic N) is 3. The van der Waals surface area contributed by atoms with E-state index in [2.05, 4.69) is 30.9 Å². The highest BCUT2D eigenvalue weighted by atomic mass is 16.2. The van der Waals surface area contributed by atoms with E-state index in [-0.39, 0.29) is 22.9 Å². The molecule has 29 heavy (non-hydrogen) atoms. The van der Waals surface area contributed by atoms with Gasteiger partial charge < -0.3 is 9.88 Å². The van der Waals surface area contributed by atoms with Crippen molar-refractivity contribution in [2.75, 3.05) is 6.54 Å². The lowest BCUT2D eigenvalue weighted by Gasteiger charge is -2.26. The minimum atomic E-state index is -0.129. The summed E-state index contributed by atoms with van der Waals surface area (Å²) in [5.41, 5.74) is 2.70. The summed E-state index contributed by atoms with van der Waals surface area (Å²) in [4.78, 5) is 30.6. The fourth-order valence-corrected chi connectivity index (χ4v) is 4.08. The number of aromatic nitrogens is 3. The van der Waals surface area contributed by atoms with Crippen molar-refractivity contribution in [2.24, 2.45) is 0 Å². The number of carbonyl (C=O) groups excluding carboxylic acids is 1. The van der Waals surface area contributed by atoms with Crippen LogP contribution in [-0.2, 0) is 23.2 Å². The number of para-hydroxylation sites is 1. The second kappa shape index (κ2) is 7.50. The van der Waals surface area contributed by atoms with Crippen LogP contribution in [0, 0.1) is 0 Å². The molecule has 0 aliphatic carbocycles. The van der Waals surface area contributed by atoms with Crippen LogP contribution in [0.3, 0.4) is 0 Å². The quantitative estimate of drug-likeness (QED) is 0.741. The molecule has 3 aromatic rings. The zero-order valence-electron chi connectivity index (χ0n) is 17.3. The minimum absolute atomic E-state index is 0.00752. The molecule has 4 rings (SSSR count). The van der Waals surface area contributed by atoms with Crippen molar-refractivity contribution in [3.05, 3.63) is 64.2 Å². The summed E-state index contributed by atoms with van der Waals surface area (Å²) in [6.07, 6.45) is 4.14. The van der Waals surface area contributed by atoms with Gasteiger partial charge in [0.05, 0.1) is 24.7 Å². The molecule has 1 aromatic carbocycles. The number of benzene rings is 1. The molecule has 1 aliphatic heterocycles. The molecule has 0 spiro atoms. The fraction of sp³-hybridized carbons (Fsp3) is 0.435. The third kappa shape index (κ3) is 3.97. The smallest absolute Gasteiger partial charge is 0.266 e. The first-order valence-corrected chi connectivity index (χ1v) is 10.3. The van der Waals surface area contributed by atoms with Crippen LogP contribution in [0.2, 0.25) is 0 Å². The number of hydrogen-bond donors (Lipinski definition) is 1. The Kier molecular flexibility index (Phi) is 5.03. The van der Waals surface area contributed by atoms with Gasteiger partial charge >= 0.3 is 0 Å². The lowest BCUT2D eigenvalue weighted by Crippen LogP contribution is -2.41. The maximum atomic E-state index is 13.1. The van der Waals surface area contributed by atoms with Crippen LogP contribution in [0.25, 0.3) is 10.9 Å². The number of likely N-dealkylation sites (tertiary alicyclic amines) is 1. The van der Waals surface area contributed by atoms with Crippen LogP contribution >= 0.6 is 0 Å². The summed E-state index contributed by atoms with van der Waals surface area (Å²) in [6, 6.07) is 11.4. The van der Waals surface area contributed by atoms with Gasteiger partial charge in [-0.05, 0) is 30.5 Å². The topological polar surface area (TPSA) is 71.0 Å². The van der Waals surface area contributed by atoms with Crippen molar-refractivity contribution >= 4 is 16.8 Å². The zero-order valence-corrected chi connectivity index (χ0v) is 17.3. The Balaban J connectivity index is 1.52. The minimum Gasteiger partial charge on any atom is -0.361 e. The fourth-order valence-electron chi connectivity index (χ4n) is 4.08. The molecular weight excluding hydrogens is 364 g/mol. The van der Waals surface area contributed by atoms with E-state index in [9.17, 15) is 9.59 Å². The van der Waals surface area contributed by atoms with Crippen LogP contribution in [0.4, 0.5) is 0 Å². The summed E-state index contributed by atoms with van der Waals surface area (Å²) < 4.78 is 1.53. The molecule has 1 saturated heterocycles. The molecule has 2 aromatic heterocycles. The number of nitrogens with one attached hydrogen (secondary N) is 1. The molecule has 152 valence electrons. The summed E-state index contributed by atoms with van der Waals surface area (Å²) >= 11 is 0. The number of rotatable bonds is 4. The standard InChI is InChI=1S/C23H28N4O2/c1-23(2,3)20-10-11-21(28)27(25-20)15-17-7-6-12-26(17)22(29)13-16-14-24-19-9-5-4-8-18(16)19/h4-5,8-11,14,17,24H,6-7,12-13,15H2,1-3H3. The van der Waals surface area contributed by atoms with Gasteiger partial charge in [-0.15, -0.1) is 0 Å². The highest BCUT2D eigenvalue weighted by Gasteiger charge is 2.30. The van der Waals surface area contributed by atoms with Crippen LogP contribution < -0.4 is 5.56 Å². The molecule has 1 amide bonds. The SMILES string of the molecule is CC(C)(C)c1ccc(=O)n(CC2CCCN2C(=O)Cc2c[nH]c3ccccc23)n1. The first-order chi connectivity index (χ1) is 13.8. The summed E-state index contributed by atoms with van der Waals surface area (Å²) in [5, 5.41) is 5.67. The van der Waals surface area contributed by atoms with Gasteiger partial charge in [0.25, 0.3) is 5.56 Å². The Morgan fingerprint density at radius 3 is 2.79 bits per heavy atom. The van der Waals surface area contributed by atoms with E-state index in [1.54, 1.807) is 12.1 Å². The normalized spacial score (nSPS) is 17.2. The maximum Gasteiger partial charge on any atom is 0.266 e. The van der Waals surface area contributed by atoms with Crippen molar-refractivity contribution in [3.63, 3.8) is 0 Å². The first-order valence-electron chi connectivity index (χ1n) is 10.3. The zero-order chi connectivity index (χ0) is 20.6. The summed E-state index contributed by atoms with van der Waals surface area (Å²) in [5.74, 6) is 0.109. The Bertz CT molecular complexity index is 1090. The third-order valence-electron chi connectivity index (χ3n) is 5.73. The van der Waals surface area contributed by atoms with Crippen LogP contribution in [0.1, 0.15) is 44.9 Å². The van der Waals surface area contributed by atoms with Gasteiger partial charge in [-0.25, -0.2) is 4.68 Å². The van der Waals surface area contributed by atoms with E-state index >= 15 is 0 Å². The van der Waals surface area contributed by atoms with Gasteiger partial charge in [-0.3, -0.25) is 9.59 Å². The van der Waals surface area contributed by atoms with E-state index < -0.39 is 0 Å². The molecule has 1 aliphatic rings. The third-order valence-corrected chi connectivity index (χ3v) is 5.73. The predicted octanol–water partition coefficient (Wildman–Crippen LogP) is 3.26. The number of hydrogen-bond acceptors (Lipinski definition) is 3.